The fraction of sp³-hybridized carbons (Fsp3) is 0.462. The van der Waals surface area contributed by atoms with Crippen molar-refractivity contribution in [3.63, 3.8) is 0 Å². The summed E-state index contributed by atoms with van der Waals surface area (Å²) < 4.78 is 0. The highest BCUT2D eigenvalue weighted by molar-refractivity contribution is 6.30. The number of Topliss-reactive ketones (excluding diaryl/α,β-unsaturated/α-hetero) is 1. The molecule has 0 amide bonds. The third kappa shape index (κ3) is 2.82. The molecule has 1 saturated carbocycles. The maximum atomic E-state index is 11.3. The molecule has 2 rings (SSSR count). The lowest BCUT2D eigenvalue weighted by atomic mass is 9.92. The third-order valence-electron chi connectivity index (χ3n) is 3.12. The summed E-state index contributed by atoms with van der Waals surface area (Å²) in [6.45, 7) is 0. The molecule has 1 aromatic carbocycles. The zero-order valence-corrected chi connectivity index (χ0v) is 9.46. The van der Waals surface area contributed by atoms with Crippen LogP contribution in [0.5, 0.6) is 0 Å². The van der Waals surface area contributed by atoms with E-state index >= 15 is 0 Å². The molecule has 0 spiro atoms. The maximum Gasteiger partial charge on any atom is 0.132 e. The van der Waals surface area contributed by atoms with Gasteiger partial charge in [0.05, 0.1) is 0 Å². The first kappa shape index (κ1) is 10.7. The van der Waals surface area contributed by atoms with Gasteiger partial charge in [0.25, 0.3) is 0 Å². The number of benzene rings is 1. The van der Waals surface area contributed by atoms with E-state index in [0.717, 1.165) is 37.1 Å². The Morgan fingerprint density at radius 3 is 2.53 bits per heavy atom. The lowest BCUT2D eigenvalue weighted by Gasteiger charge is -2.13. The summed E-state index contributed by atoms with van der Waals surface area (Å²) >= 11 is 5.85. The van der Waals surface area contributed by atoms with Gasteiger partial charge in [-0.15, -0.1) is 0 Å². The first-order valence-electron chi connectivity index (χ1n) is 5.53. The first-order chi connectivity index (χ1) is 7.25. The Bertz CT molecular complexity index is 342. The van der Waals surface area contributed by atoms with Crippen LogP contribution in [0.4, 0.5) is 0 Å². The molecule has 0 N–H and O–H groups in total. The summed E-state index contributed by atoms with van der Waals surface area (Å²) in [5.74, 6) is 0.972. The van der Waals surface area contributed by atoms with Gasteiger partial charge in [-0.1, -0.05) is 23.7 Å². The lowest BCUT2D eigenvalue weighted by molar-refractivity contribution is -0.118. The third-order valence-corrected chi connectivity index (χ3v) is 3.37. The van der Waals surface area contributed by atoms with E-state index in [-0.39, 0.29) is 0 Å². The molecule has 80 valence electrons. The molecule has 15 heavy (non-hydrogen) atoms. The van der Waals surface area contributed by atoms with Crippen molar-refractivity contribution in [2.24, 2.45) is 0 Å². The van der Waals surface area contributed by atoms with Crippen LogP contribution in [0.15, 0.2) is 24.3 Å². The normalized spacial score (nSPS) is 22.5. The highest BCUT2D eigenvalue weighted by Crippen LogP contribution is 2.30. The number of carbonyl (C=O) groups excluding carboxylic acids is 1. The number of carbonyl (C=O) groups is 1. The first-order valence-corrected chi connectivity index (χ1v) is 5.90. The summed E-state index contributed by atoms with van der Waals surface area (Å²) in [5, 5.41) is 0.781. The monoisotopic (exact) mass is 222 g/mol. The SMILES string of the molecule is O=C1CCC[C@H](c2ccc(Cl)cc2)CC1. The van der Waals surface area contributed by atoms with E-state index in [4.69, 9.17) is 11.6 Å². The van der Waals surface area contributed by atoms with Gasteiger partial charge in [0.15, 0.2) is 0 Å². The second-order valence-electron chi connectivity index (χ2n) is 4.22. The summed E-state index contributed by atoms with van der Waals surface area (Å²) in [6, 6.07) is 8.04. The lowest BCUT2D eigenvalue weighted by Crippen LogP contribution is -1.97. The molecular weight excluding hydrogens is 208 g/mol. The summed E-state index contributed by atoms with van der Waals surface area (Å²) in [7, 11) is 0. The van der Waals surface area contributed by atoms with Crippen molar-refractivity contribution in [1.82, 2.24) is 0 Å². The highest BCUT2D eigenvalue weighted by atomic mass is 35.5. The van der Waals surface area contributed by atoms with Crippen LogP contribution in [0.1, 0.15) is 43.6 Å². The van der Waals surface area contributed by atoms with Gasteiger partial charge in [-0.3, -0.25) is 4.79 Å². The number of halogens is 1. The minimum atomic E-state index is 0.423. The number of ketones is 1. The largest absolute Gasteiger partial charge is 0.300 e. The zero-order valence-electron chi connectivity index (χ0n) is 8.71. The van der Waals surface area contributed by atoms with E-state index in [1.54, 1.807) is 0 Å². The van der Waals surface area contributed by atoms with E-state index in [9.17, 15) is 4.79 Å². The van der Waals surface area contributed by atoms with Gasteiger partial charge in [0, 0.05) is 17.9 Å². The average molecular weight is 223 g/mol. The topological polar surface area (TPSA) is 17.1 Å². The van der Waals surface area contributed by atoms with Crippen LogP contribution in [0, 0.1) is 0 Å². The predicted octanol–water partition coefficient (Wildman–Crippen LogP) is 3.96. The van der Waals surface area contributed by atoms with Crippen molar-refractivity contribution in [1.29, 1.82) is 0 Å². The van der Waals surface area contributed by atoms with E-state index < -0.39 is 0 Å². The molecule has 1 aromatic rings. The van der Waals surface area contributed by atoms with Crippen LogP contribution < -0.4 is 0 Å². The van der Waals surface area contributed by atoms with Crippen LogP contribution in [0.25, 0.3) is 0 Å². The van der Waals surface area contributed by atoms with Crippen molar-refractivity contribution in [3.8, 4) is 0 Å². The fourth-order valence-electron chi connectivity index (χ4n) is 2.22. The summed E-state index contributed by atoms with van der Waals surface area (Å²) in [6.07, 6.45) is 4.68. The second-order valence-corrected chi connectivity index (χ2v) is 4.65. The predicted molar refractivity (Wildman–Crippen MR) is 62.3 cm³/mol. The molecule has 0 heterocycles. The molecule has 0 bridgehead atoms. The Balaban J connectivity index is 2.09. The quantitative estimate of drug-likeness (QED) is 0.658. The Morgan fingerprint density at radius 1 is 1.07 bits per heavy atom. The molecule has 0 aromatic heterocycles. The molecule has 1 atom stereocenters. The van der Waals surface area contributed by atoms with Crippen molar-refractivity contribution in [3.05, 3.63) is 34.9 Å². The minimum absolute atomic E-state index is 0.423. The van der Waals surface area contributed by atoms with Gasteiger partial charge in [-0.2, -0.15) is 0 Å². The molecule has 1 aliphatic carbocycles. The zero-order chi connectivity index (χ0) is 10.7. The Hall–Kier alpha value is -0.820. The summed E-state index contributed by atoms with van der Waals surface area (Å²) in [5.41, 5.74) is 1.33. The summed E-state index contributed by atoms with van der Waals surface area (Å²) in [4.78, 5) is 11.3. The molecular formula is C13H15ClO. The van der Waals surface area contributed by atoms with Crippen molar-refractivity contribution in [2.75, 3.05) is 0 Å². The van der Waals surface area contributed by atoms with Crippen LogP contribution in [-0.2, 0) is 4.79 Å². The van der Waals surface area contributed by atoms with Gasteiger partial charge in [-0.25, -0.2) is 0 Å². The van der Waals surface area contributed by atoms with Crippen LogP contribution >= 0.6 is 11.6 Å². The maximum absolute atomic E-state index is 11.3. The van der Waals surface area contributed by atoms with Gasteiger partial charge in [0.1, 0.15) is 5.78 Å². The molecule has 0 aliphatic heterocycles. The Morgan fingerprint density at radius 2 is 1.80 bits per heavy atom. The minimum Gasteiger partial charge on any atom is -0.300 e. The number of hydrogen-bond acceptors (Lipinski definition) is 1. The van der Waals surface area contributed by atoms with Crippen molar-refractivity contribution in [2.45, 2.75) is 38.0 Å². The number of hydrogen-bond donors (Lipinski definition) is 0. The van der Waals surface area contributed by atoms with E-state index in [0.29, 0.717) is 11.7 Å². The fourth-order valence-corrected chi connectivity index (χ4v) is 2.34. The van der Waals surface area contributed by atoms with Gasteiger partial charge >= 0.3 is 0 Å². The molecule has 0 saturated heterocycles. The van der Waals surface area contributed by atoms with E-state index in [2.05, 4.69) is 12.1 Å². The Labute approximate surface area is 95.4 Å². The van der Waals surface area contributed by atoms with Crippen LogP contribution in [-0.4, -0.2) is 5.78 Å². The Kier molecular flexibility index (Phi) is 3.42. The standard InChI is InChI=1S/C13H15ClO/c14-12-7-4-11(5-8-12)10-2-1-3-13(15)9-6-10/h4-5,7-8,10H,1-3,6,9H2/t10-/m0/s1. The molecule has 1 nitrogen and oxygen atoms in total. The van der Waals surface area contributed by atoms with Crippen LogP contribution in [0.2, 0.25) is 5.02 Å². The number of rotatable bonds is 1. The van der Waals surface area contributed by atoms with E-state index in [1.165, 1.54) is 5.56 Å². The molecule has 0 unspecified atom stereocenters. The van der Waals surface area contributed by atoms with Crippen molar-refractivity contribution >= 4 is 17.4 Å². The van der Waals surface area contributed by atoms with Crippen LogP contribution in [0.3, 0.4) is 0 Å². The van der Waals surface area contributed by atoms with E-state index in [1.807, 2.05) is 12.1 Å². The molecule has 1 aliphatic rings. The smallest absolute Gasteiger partial charge is 0.132 e. The van der Waals surface area contributed by atoms with Gasteiger partial charge in [0.2, 0.25) is 0 Å². The van der Waals surface area contributed by atoms with Gasteiger partial charge in [-0.05, 0) is 42.9 Å². The van der Waals surface area contributed by atoms with Gasteiger partial charge < -0.3 is 0 Å². The molecule has 0 radical (unpaired) electrons. The van der Waals surface area contributed by atoms with Crippen molar-refractivity contribution < 1.29 is 4.79 Å². The average Bonchev–Trinajstić information content (AvgIpc) is 2.44. The molecule has 1 fully saturated rings. The molecule has 2 heteroatoms. The second kappa shape index (κ2) is 4.80. The highest BCUT2D eigenvalue weighted by Gasteiger charge is 2.17.